The van der Waals surface area contributed by atoms with Gasteiger partial charge in [-0.05, 0) is 38.5 Å². The number of pyridine rings is 1. The first kappa shape index (κ1) is 20.5. The Balaban J connectivity index is 1.88. The van der Waals surface area contributed by atoms with Crippen molar-refractivity contribution < 1.29 is 15.0 Å². The zero-order valence-electron chi connectivity index (χ0n) is 16.6. The number of aliphatic hydroxyl groups excluding tert-OH is 1. The van der Waals surface area contributed by atoms with Gasteiger partial charge in [-0.15, -0.1) is 11.8 Å². The van der Waals surface area contributed by atoms with E-state index in [1.807, 2.05) is 0 Å². The number of hydrogen-bond donors (Lipinski definition) is 2. The molecular formula is C21H27N3O3S. The number of carbonyl (C=O) groups excluding carboxylic acids is 1. The largest absolute Gasteiger partial charge is 0.506 e. The average Bonchev–Trinajstić information content (AvgIpc) is 3.07. The number of aryl methyl sites for hydroxylation is 1. The summed E-state index contributed by atoms with van der Waals surface area (Å²) in [5.41, 5.74) is 3.83. The molecule has 2 aromatic rings. The molecule has 1 atom stereocenters. The van der Waals surface area contributed by atoms with Crippen molar-refractivity contribution in [3.63, 3.8) is 0 Å². The first-order valence-electron chi connectivity index (χ1n) is 9.53. The molecular weight excluding hydrogens is 374 g/mol. The Morgan fingerprint density at radius 3 is 2.54 bits per heavy atom. The number of amides is 1. The van der Waals surface area contributed by atoms with Crippen LogP contribution in [0, 0.1) is 6.92 Å². The van der Waals surface area contributed by atoms with Crippen molar-refractivity contribution in [2.45, 2.75) is 39.3 Å². The second kappa shape index (κ2) is 8.84. The molecule has 1 fully saturated rings. The Labute approximate surface area is 170 Å². The number of hydrogen-bond acceptors (Lipinski definition) is 6. The van der Waals surface area contributed by atoms with Crippen LogP contribution in [-0.4, -0.2) is 44.8 Å². The van der Waals surface area contributed by atoms with Crippen molar-refractivity contribution in [2.24, 2.45) is 0 Å². The molecule has 0 aliphatic carbocycles. The Bertz CT molecular complexity index is 838. The normalized spacial score (nSPS) is 16.6. The third-order valence-electron chi connectivity index (χ3n) is 5.20. The molecule has 3 rings (SSSR count). The fraction of sp³-hybridized carbons (Fsp3) is 0.429. The van der Waals surface area contributed by atoms with Crippen LogP contribution in [0.15, 0.2) is 30.5 Å². The third kappa shape index (κ3) is 3.95. The van der Waals surface area contributed by atoms with Gasteiger partial charge in [0.1, 0.15) is 11.1 Å². The van der Waals surface area contributed by atoms with Crippen molar-refractivity contribution in [3.05, 3.63) is 52.8 Å². The summed E-state index contributed by atoms with van der Waals surface area (Å²) in [6, 6.07) is 8.33. The smallest absolute Gasteiger partial charge is 0.234 e. The van der Waals surface area contributed by atoms with Crippen LogP contribution in [0.25, 0.3) is 0 Å². The van der Waals surface area contributed by atoms with E-state index in [2.05, 4.69) is 48.0 Å². The number of aliphatic hydroxyl groups is 1. The summed E-state index contributed by atoms with van der Waals surface area (Å²) in [5.74, 6) is 0.481. The first-order valence-corrected chi connectivity index (χ1v) is 10.6. The van der Waals surface area contributed by atoms with Gasteiger partial charge in [0, 0.05) is 36.1 Å². The van der Waals surface area contributed by atoms with Gasteiger partial charge in [-0.3, -0.25) is 9.78 Å². The van der Waals surface area contributed by atoms with E-state index in [0.29, 0.717) is 22.6 Å². The monoisotopic (exact) mass is 401 g/mol. The highest BCUT2D eigenvalue weighted by molar-refractivity contribution is 8.00. The van der Waals surface area contributed by atoms with Crippen molar-refractivity contribution in [2.75, 3.05) is 23.7 Å². The van der Waals surface area contributed by atoms with Crippen molar-refractivity contribution in [1.82, 2.24) is 9.88 Å². The molecule has 1 aromatic heterocycles. The molecule has 1 amide bonds. The maximum absolute atomic E-state index is 12.6. The zero-order valence-corrected chi connectivity index (χ0v) is 17.4. The second-order valence-corrected chi connectivity index (χ2v) is 7.87. The van der Waals surface area contributed by atoms with Crippen LogP contribution in [0.5, 0.6) is 5.75 Å². The van der Waals surface area contributed by atoms with Gasteiger partial charge in [0.15, 0.2) is 0 Å². The lowest BCUT2D eigenvalue weighted by molar-refractivity contribution is -0.128. The van der Waals surface area contributed by atoms with Gasteiger partial charge < -0.3 is 20.0 Å². The number of rotatable bonds is 7. The Morgan fingerprint density at radius 1 is 1.25 bits per heavy atom. The molecule has 0 spiro atoms. The summed E-state index contributed by atoms with van der Waals surface area (Å²) in [7, 11) is 0. The Kier molecular flexibility index (Phi) is 6.46. The highest BCUT2D eigenvalue weighted by atomic mass is 32.2. The van der Waals surface area contributed by atoms with E-state index in [4.69, 9.17) is 0 Å². The molecule has 0 radical (unpaired) electrons. The van der Waals surface area contributed by atoms with Crippen molar-refractivity contribution in [1.29, 1.82) is 0 Å². The van der Waals surface area contributed by atoms with Crippen molar-refractivity contribution >= 4 is 23.4 Å². The molecule has 0 bridgehead atoms. The van der Waals surface area contributed by atoms with Crippen molar-refractivity contribution in [3.8, 4) is 5.75 Å². The predicted octanol–water partition coefficient (Wildman–Crippen LogP) is 3.21. The van der Waals surface area contributed by atoms with E-state index in [-0.39, 0.29) is 30.2 Å². The van der Waals surface area contributed by atoms with Crippen LogP contribution in [0.2, 0.25) is 0 Å². The summed E-state index contributed by atoms with van der Waals surface area (Å²) < 4.78 is 0. The molecule has 2 N–H and O–H groups in total. The molecule has 1 aromatic carbocycles. The highest BCUT2D eigenvalue weighted by Gasteiger charge is 2.34. The summed E-state index contributed by atoms with van der Waals surface area (Å²) >= 11 is 1.58. The lowest BCUT2D eigenvalue weighted by Gasteiger charge is -2.27. The van der Waals surface area contributed by atoms with Gasteiger partial charge in [-0.25, -0.2) is 0 Å². The molecule has 6 nitrogen and oxygen atoms in total. The van der Waals surface area contributed by atoms with E-state index >= 15 is 0 Å². The first-order chi connectivity index (χ1) is 13.5. The van der Waals surface area contributed by atoms with Crippen LogP contribution in [-0.2, 0) is 17.9 Å². The quantitative estimate of drug-likeness (QED) is 0.742. The average molecular weight is 402 g/mol. The molecule has 150 valence electrons. The van der Waals surface area contributed by atoms with Gasteiger partial charge in [0.2, 0.25) is 5.91 Å². The van der Waals surface area contributed by atoms with E-state index in [0.717, 1.165) is 18.7 Å². The second-order valence-electron chi connectivity index (χ2n) is 6.80. The van der Waals surface area contributed by atoms with Crippen LogP contribution < -0.4 is 4.90 Å². The minimum Gasteiger partial charge on any atom is -0.506 e. The standard InChI is InChI=1S/C21H27N3O3S/c1-4-23(5-2)17-8-6-15(7-9-17)21-24(19(26)13-28-21)11-18-16(12-25)10-22-14(3)20(18)27/h6-10,21,25,27H,4-5,11-13H2,1-3H3. The third-order valence-corrected chi connectivity index (χ3v) is 6.46. The number of aromatic hydroxyl groups is 1. The minimum atomic E-state index is -0.228. The number of nitrogens with zero attached hydrogens (tertiary/aromatic N) is 3. The fourth-order valence-corrected chi connectivity index (χ4v) is 4.69. The molecule has 1 saturated heterocycles. The molecule has 0 saturated carbocycles. The summed E-state index contributed by atoms with van der Waals surface area (Å²) in [6.45, 7) is 7.89. The molecule has 1 aliphatic rings. The SMILES string of the molecule is CCN(CC)c1ccc(C2SCC(=O)N2Cc2c(CO)cnc(C)c2O)cc1. The van der Waals surface area contributed by atoms with E-state index in [1.165, 1.54) is 5.69 Å². The predicted molar refractivity (Wildman–Crippen MR) is 112 cm³/mol. The van der Waals surface area contributed by atoms with Gasteiger partial charge >= 0.3 is 0 Å². The summed E-state index contributed by atoms with van der Waals surface area (Å²) in [6.07, 6.45) is 1.56. The van der Waals surface area contributed by atoms with Crippen LogP contribution >= 0.6 is 11.8 Å². The molecule has 1 aliphatic heterocycles. The summed E-state index contributed by atoms with van der Waals surface area (Å²) in [4.78, 5) is 20.7. The topological polar surface area (TPSA) is 76.9 Å². The maximum atomic E-state index is 12.6. The highest BCUT2D eigenvalue weighted by Crippen LogP contribution is 2.41. The maximum Gasteiger partial charge on any atom is 0.234 e. The molecule has 2 heterocycles. The minimum absolute atomic E-state index is 0.0283. The van der Waals surface area contributed by atoms with Gasteiger partial charge in [0.25, 0.3) is 0 Å². The summed E-state index contributed by atoms with van der Waals surface area (Å²) in [5, 5.41) is 19.9. The Morgan fingerprint density at radius 2 is 1.93 bits per heavy atom. The number of carbonyl (C=O) groups is 1. The van der Waals surface area contributed by atoms with E-state index in [1.54, 1.807) is 29.8 Å². The van der Waals surface area contributed by atoms with Gasteiger partial charge in [-0.2, -0.15) is 0 Å². The van der Waals surface area contributed by atoms with Crippen LogP contribution in [0.3, 0.4) is 0 Å². The van der Waals surface area contributed by atoms with Gasteiger partial charge in [-0.1, -0.05) is 12.1 Å². The van der Waals surface area contributed by atoms with Crippen LogP contribution in [0.4, 0.5) is 5.69 Å². The van der Waals surface area contributed by atoms with E-state index < -0.39 is 0 Å². The fourth-order valence-electron chi connectivity index (χ4n) is 3.51. The lowest BCUT2D eigenvalue weighted by Crippen LogP contribution is -2.28. The zero-order chi connectivity index (χ0) is 20.3. The number of aromatic nitrogens is 1. The Hall–Kier alpha value is -2.25. The molecule has 7 heteroatoms. The number of thioether (sulfide) groups is 1. The van der Waals surface area contributed by atoms with Gasteiger partial charge in [0.05, 0.1) is 24.6 Å². The van der Waals surface area contributed by atoms with Crippen LogP contribution in [0.1, 0.15) is 41.6 Å². The number of benzene rings is 1. The van der Waals surface area contributed by atoms with E-state index in [9.17, 15) is 15.0 Å². The lowest BCUT2D eigenvalue weighted by atomic mass is 10.1. The number of anilines is 1. The molecule has 28 heavy (non-hydrogen) atoms. The molecule has 1 unspecified atom stereocenters.